The molecule has 0 atom stereocenters. The van der Waals surface area contributed by atoms with E-state index in [4.69, 9.17) is 0 Å². The fraction of sp³-hybridized carbons (Fsp3) is 1.00. The van der Waals surface area contributed by atoms with E-state index >= 15 is 0 Å². The highest BCUT2D eigenvalue weighted by molar-refractivity contribution is 9.58. The lowest BCUT2D eigenvalue weighted by Crippen LogP contribution is -1.93. The first-order valence-corrected chi connectivity index (χ1v) is 16.9. The van der Waals surface area contributed by atoms with Gasteiger partial charge in [-0.3, -0.25) is 0 Å². The van der Waals surface area contributed by atoms with Crippen LogP contribution in [0, 0.1) is 0 Å². The van der Waals surface area contributed by atoms with Crippen LogP contribution in [0.15, 0.2) is 0 Å². The van der Waals surface area contributed by atoms with E-state index in [1.54, 1.807) is 0 Å². The topological polar surface area (TPSA) is 0 Å². The highest BCUT2D eigenvalue weighted by Gasteiger charge is 2.05. The number of halogens is 2. The molecule has 0 heterocycles. The van der Waals surface area contributed by atoms with Crippen LogP contribution in [0.25, 0.3) is 0 Å². The zero-order chi connectivity index (χ0) is 15.5. The highest BCUT2D eigenvalue weighted by Crippen LogP contribution is 2.49. The lowest BCUT2D eigenvalue weighted by atomic mass is 10.1. The Hall–Kier alpha value is 1.66. The van der Waals surface area contributed by atoms with E-state index in [0.717, 1.165) is 0 Å². The van der Waals surface area contributed by atoms with Gasteiger partial charge in [0.25, 0.3) is 0 Å². The minimum atomic E-state index is -0.434. The quantitative estimate of drug-likeness (QED) is 0.252. The van der Waals surface area contributed by atoms with Crippen LogP contribution in [0.5, 0.6) is 0 Å². The van der Waals surface area contributed by atoms with E-state index in [0.29, 0.717) is 0 Å². The smallest absolute Gasteiger partial charge is 0.0141 e. The second kappa shape index (κ2) is 12.1. The molecule has 0 radical (unpaired) electrons. The van der Waals surface area contributed by atoms with Gasteiger partial charge in [0, 0.05) is 0 Å². The van der Waals surface area contributed by atoms with Crippen LogP contribution in [0.2, 0.25) is 0 Å². The molecule has 0 fully saturated rings. The minimum Gasteiger partial charge on any atom is -0.189 e. The van der Waals surface area contributed by atoms with Gasteiger partial charge < -0.3 is 0 Å². The van der Waals surface area contributed by atoms with Gasteiger partial charge in [-0.25, -0.2) is 0 Å². The fourth-order valence-electron chi connectivity index (χ4n) is 2.30. The molecule has 0 rings (SSSR count). The summed E-state index contributed by atoms with van der Waals surface area (Å²) in [4.78, 5) is 0. The van der Waals surface area contributed by atoms with Crippen LogP contribution in [-0.4, -0.2) is 36.5 Å². The van der Waals surface area contributed by atoms with Gasteiger partial charge in [0.05, 0.1) is 0 Å². The number of hydrogen-bond donors (Lipinski definition) is 0. The Labute approximate surface area is 146 Å². The molecule has 0 unspecified atom stereocenters. The van der Waals surface area contributed by atoms with Gasteiger partial charge >= 0.3 is 0 Å². The predicted molar refractivity (Wildman–Crippen MR) is 113 cm³/mol. The molecule has 0 aromatic carbocycles. The Morgan fingerprint density at radius 1 is 0.450 bits per heavy atom. The normalized spacial score (nSPS) is 14.5. The molecule has 0 saturated carbocycles. The van der Waals surface area contributed by atoms with Crippen molar-refractivity contribution in [2.75, 3.05) is 36.5 Å². The van der Waals surface area contributed by atoms with Crippen LogP contribution >= 0.6 is 46.5 Å². The predicted octanol–water partition coefficient (Wildman–Crippen LogP) is 7.64. The number of hydrogen-bond acceptors (Lipinski definition) is 0. The van der Waals surface area contributed by atoms with Crippen LogP contribution in [-0.2, 0) is 0 Å². The summed E-state index contributed by atoms with van der Waals surface area (Å²) in [6.45, 7) is 0. The summed E-state index contributed by atoms with van der Waals surface area (Å²) in [5.74, 6) is 2.78. The van der Waals surface area contributed by atoms with Crippen LogP contribution in [0.3, 0.4) is 0 Å². The lowest BCUT2D eigenvalue weighted by molar-refractivity contribution is 0.563. The minimum absolute atomic E-state index is 0.434. The first-order chi connectivity index (χ1) is 9.21. The summed E-state index contributed by atoms with van der Waals surface area (Å²) in [6, 6.07) is 0. The molecule has 0 spiro atoms. The monoisotopic (exact) mass is 450 g/mol. The summed E-state index contributed by atoms with van der Waals surface area (Å²) in [5, 5.41) is 0. The van der Waals surface area contributed by atoms with Gasteiger partial charge in [-0.2, -0.15) is 16.9 Å². The van der Waals surface area contributed by atoms with Crippen LogP contribution in [0.4, 0.5) is 0 Å². The van der Waals surface area contributed by atoms with Crippen molar-refractivity contribution in [2.45, 2.75) is 64.2 Å². The summed E-state index contributed by atoms with van der Waals surface area (Å²) in [6.07, 6.45) is 23.8. The zero-order valence-electron chi connectivity index (χ0n) is 14.1. The van der Waals surface area contributed by atoms with Gasteiger partial charge in [0.15, 0.2) is 0 Å². The third-order valence-corrected chi connectivity index (χ3v) is 7.97. The molecule has 0 aliphatic rings. The maximum absolute atomic E-state index is 3.80. The third kappa shape index (κ3) is 19.7. The Bertz CT molecular complexity index is 195. The van der Waals surface area contributed by atoms with E-state index in [1.165, 1.54) is 75.7 Å². The second-order valence-electron chi connectivity index (χ2n) is 6.75. The molecule has 0 aromatic heterocycles. The van der Waals surface area contributed by atoms with Gasteiger partial charge in [0.1, 0.15) is 0 Å². The standard InChI is InChI=1S/C16H36Br2S2/c1-19(2,17)15-13-11-9-7-5-6-8-10-12-14-16-20(3,4)18/h5-16H2,1-4H3. The van der Waals surface area contributed by atoms with E-state index in [1.807, 2.05) is 0 Å². The summed E-state index contributed by atoms with van der Waals surface area (Å²) in [7, 11) is -0.868. The van der Waals surface area contributed by atoms with Crippen molar-refractivity contribution in [3.63, 3.8) is 0 Å². The Morgan fingerprint density at radius 3 is 0.850 bits per heavy atom. The van der Waals surface area contributed by atoms with Crippen molar-refractivity contribution in [1.29, 1.82) is 0 Å². The number of rotatable bonds is 13. The zero-order valence-corrected chi connectivity index (χ0v) is 18.9. The summed E-state index contributed by atoms with van der Waals surface area (Å²) >= 11 is 7.59. The Balaban J connectivity index is 3.10. The van der Waals surface area contributed by atoms with E-state index in [2.05, 4.69) is 54.6 Å². The average molecular weight is 452 g/mol. The van der Waals surface area contributed by atoms with E-state index in [-0.39, 0.29) is 0 Å². The van der Waals surface area contributed by atoms with Crippen molar-refractivity contribution < 1.29 is 0 Å². The van der Waals surface area contributed by atoms with Gasteiger partial charge in [-0.1, -0.05) is 51.4 Å². The van der Waals surface area contributed by atoms with E-state index in [9.17, 15) is 0 Å². The molecular weight excluding hydrogens is 416 g/mol. The second-order valence-corrected chi connectivity index (χ2v) is 23.7. The van der Waals surface area contributed by atoms with E-state index < -0.39 is 16.9 Å². The largest absolute Gasteiger partial charge is 0.189 e. The van der Waals surface area contributed by atoms with Crippen molar-refractivity contribution in [1.82, 2.24) is 0 Å². The molecule has 0 bridgehead atoms. The van der Waals surface area contributed by atoms with Gasteiger partial charge in [-0.05, 0) is 79.0 Å². The van der Waals surface area contributed by atoms with Crippen molar-refractivity contribution in [2.24, 2.45) is 0 Å². The maximum Gasteiger partial charge on any atom is -0.0141 e. The molecule has 20 heavy (non-hydrogen) atoms. The van der Waals surface area contributed by atoms with Gasteiger partial charge in [0.2, 0.25) is 0 Å². The van der Waals surface area contributed by atoms with Crippen molar-refractivity contribution in [3.05, 3.63) is 0 Å². The SMILES string of the molecule is CS(C)(Br)CCCCCCCCCCCCS(C)(C)Br. The van der Waals surface area contributed by atoms with Gasteiger partial charge in [-0.15, -0.1) is 0 Å². The Morgan fingerprint density at radius 2 is 0.650 bits per heavy atom. The first kappa shape index (κ1) is 21.7. The maximum atomic E-state index is 3.80. The lowest BCUT2D eigenvalue weighted by Gasteiger charge is -2.21. The molecule has 0 amide bonds. The molecule has 0 N–H and O–H groups in total. The summed E-state index contributed by atoms with van der Waals surface area (Å²) in [5.41, 5.74) is 0. The molecule has 126 valence electrons. The van der Waals surface area contributed by atoms with Crippen LogP contribution < -0.4 is 0 Å². The average Bonchev–Trinajstić information content (AvgIpc) is 2.27. The Kier molecular flexibility index (Phi) is 13.1. The van der Waals surface area contributed by atoms with Crippen molar-refractivity contribution >= 4 is 46.5 Å². The molecule has 0 aliphatic heterocycles. The first-order valence-electron chi connectivity index (χ1n) is 8.02. The van der Waals surface area contributed by atoms with Crippen molar-refractivity contribution in [3.8, 4) is 0 Å². The molecule has 0 aliphatic carbocycles. The third-order valence-electron chi connectivity index (χ3n) is 3.51. The molecule has 4 heteroatoms. The molecule has 0 nitrogen and oxygen atoms in total. The fourth-order valence-corrected chi connectivity index (χ4v) is 5.46. The molecular formula is C16H36Br2S2. The number of unbranched alkanes of at least 4 members (excludes halogenated alkanes) is 9. The van der Waals surface area contributed by atoms with Crippen LogP contribution in [0.1, 0.15) is 64.2 Å². The summed E-state index contributed by atoms with van der Waals surface area (Å²) < 4.78 is 0. The molecule has 0 aromatic rings. The molecule has 0 saturated heterocycles. The highest BCUT2D eigenvalue weighted by atomic mass is 79.9.